The van der Waals surface area contributed by atoms with Crippen LogP contribution in [0.2, 0.25) is 0 Å². The molecule has 0 fully saturated rings. The zero-order valence-corrected chi connectivity index (χ0v) is 19.0. The molecule has 1 aliphatic rings. The molecular weight excluding hydrogens is 424 g/mol. The number of carbonyl (C=O) groups is 1. The lowest BCUT2D eigenvalue weighted by atomic mass is 9.99. The van der Waals surface area contributed by atoms with Gasteiger partial charge in [-0.1, -0.05) is 43.7 Å². The first-order valence-electron chi connectivity index (χ1n) is 11.1. The molecule has 2 heterocycles. The van der Waals surface area contributed by atoms with Crippen LogP contribution in [0.4, 0.5) is 11.5 Å². The van der Waals surface area contributed by atoms with Gasteiger partial charge in [-0.25, -0.2) is 4.79 Å². The fourth-order valence-electron chi connectivity index (χ4n) is 4.12. The highest BCUT2D eigenvalue weighted by Gasteiger charge is 2.27. The third kappa shape index (κ3) is 4.41. The number of carbonyl (C=O) groups excluding carboxylic acids is 1. The van der Waals surface area contributed by atoms with E-state index >= 15 is 0 Å². The quantitative estimate of drug-likeness (QED) is 0.572. The molecule has 0 saturated heterocycles. The van der Waals surface area contributed by atoms with Crippen molar-refractivity contribution in [3.8, 4) is 0 Å². The fourth-order valence-corrected chi connectivity index (χ4v) is 5.32. The summed E-state index contributed by atoms with van der Waals surface area (Å²) in [5.74, 6) is -0.228. The number of nitrogens with two attached hydrogens (primary N) is 1. The molecule has 7 nitrogen and oxygen atoms in total. The van der Waals surface area contributed by atoms with Gasteiger partial charge in [-0.15, -0.1) is 11.3 Å². The molecule has 3 N–H and O–H groups in total. The van der Waals surface area contributed by atoms with Crippen molar-refractivity contribution in [1.82, 2.24) is 9.55 Å². The lowest BCUT2D eigenvalue weighted by molar-refractivity contribution is 0.0990. The van der Waals surface area contributed by atoms with Crippen molar-refractivity contribution in [1.29, 1.82) is 0 Å². The van der Waals surface area contributed by atoms with Gasteiger partial charge in [0.1, 0.15) is 5.82 Å². The Kier molecular flexibility index (Phi) is 6.60. The number of aryl methyl sites for hydroxylation is 2. The summed E-state index contributed by atoms with van der Waals surface area (Å²) in [6.07, 6.45) is 5.82. The second kappa shape index (κ2) is 9.56. The van der Waals surface area contributed by atoms with Crippen molar-refractivity contribution >= 4 is 28.7 Å². The summed E-state index contributed by atoms with van der Waals surface area (Å²) >= 11 is 1.51. The zero-order valence-electron chi connectivity index (χ0n) is 18.2. The summed E-state index contributed by atoms with van der Waals surface area (Å²) in [7, 11) is 0. The molecule has 2 aromatic heterocycles. The number of nitrogens with zero attached hydrogens (tertiary/aromatic N) is 2. The number of hydrogen-bond acceptors (Lipinski definition) is 5. The van der Waals surface area contributed by atoms with Crippen LogP contribution in [0.5, 0.6) is 0 Å². The number of nitrogens with one attached hydrogen (secondary N) is 1. The Morgan fingerprint density at radius 1 is 1.19 bits per heavy atom. The first-order chi connectivity index (χ1) is 15.5. The highest BCUT2D eigenvalue weighted by Crippen LogP contribution is 2.31. The van der Waals surface area contributed by atoms with E-state index in [0.717, 1.165) is 37.7 Å². The van der Waals surface area contributed by atoms with Gasteiger partial charge < -0.3 is 5.73 Å². The Balaban J connectivity index is 1.76. The molecule has 1 aromatic carbocycles. The molecule has 0 spiro atoms. The van der Waals surface area contributed by atoms with Gasteiger partial charge in [-0.2, -0.15) is 0 Å². The van der Waals surface area contributed by atoms with E-state index in [1.165, 1.54) is 31.2 Å². The number of fused-ring (bicyclic) bond motifs is 1. The minimum atomic E-state index is -0.636. The molecule has 8 heteroatoms. The average molecular weight is 453 g/mol. The molecule has 0 aliphatic heterocycles. The van der Waals surface area contributed by atoms with Crippen LogP contribution in [-0.2, 0) is 19.4 Å². The van der Waals surface area contributed by atoms with Gasteiger partial charge >= 0.3 is 5.69 Å². The van der Waals surface area contributed by atoms with E-state index in [4.69, 9.17) is 5.73 Å². The maximum Gasteiger partial charge on any atom is 0.330 e. The number of benzene rings is 1. The predicted octanol–water partition coefficient (Wildman–Crippen LogP) is 3.55. The molecular formula is C24H28N4O3S. The van der Waals surface area contributed by atoms with Gasteiger partial charge in [-0.3, -0.25) is 24.0 Å². The number of H-pyrrole nitrogens is 1. The van der Waals surface area contributed by atoms with Crippen LogP contribution in [0.25, 0.3) is 0 Å². The monoisotopic (exact) mass is 452 g/mol. The summed E-state index contributed by atoms with van der Waals surface area (Å²) in [6, 6.07) is 11.4. The van der Waals surface area contributed by atoms with Crippen molar-refractivity contribution < 1.29 is 4.79 Å². The maximum atomic E-state index is 13.6. The topological polar surface area (TPSA) is 101 Å². The van der Waals surface area contributed by atoms with Gasteiger partial charge in [0.2, 0.25) is 0 Å². The lowest BCUT2D eigenvalue weighted by Crippen LogP contribution is -2.41. The molecule has 1 amide bonds. The van der Waals surface area contributed by atoms with Crippen LogP contribution in [0.15, 0.2) is 46.0 Å². The van der Waals surface area contributed by atoms with E-state index in [9.17, 15) is 14.4 Å². The Labute approximate surface area is 190 Å². The highest BCUT2D eigenvalue weighted by molar-refractivity contribution is 7.14. The Bertz CT molecular complexity index is 1200. The number of nitrogen functional groups attached to an aromatic ring is 1. The summed E-state index contributed by atoms with van der Waals surface area (Å²) in [6.45, 7) is 2.59. The van der Waals surface area contributed by atoms with Crippen molar-refractivity contribution in [3.05, 3.63) is 78.1 Å². The second-order valence-corrected chi connectivity index (χ2v) is 9.28. The second-order valence-electron chi connectivity index (χ2n) is 8.14. The number of aromatic amines is 1. The number of thiophene rings is 1. The standard InChI is InChI=1S/C24H28N4O3S/c1-2-3-13-27(23(30)19-14-17-11-7-8-12-18(17)32-19)20-21(25)28(24(31)26-22(20)29)15-16-9-5-4-6-10-16/h4-6,9-10,14H,2-3,7-8,11-13,15,25H2,1H3,(H,26,29,31). The minimum Gasteiger partial charge on any atom is -0.383 e. The van der Waals surface area contributed by atoms with Crippen LogP contribution in [0.1, 0.15) is 58.3 Å². The molecule has 168 valence electrons. The smallest absolute Gasteiger partial charge is 0.330 e. The number of amides is 1. The first-order valence-corrected chi connectivity index (χ1v) is 11.9. The molecule has 0 bridgehead atoms. The summed E-state index contributed by atoms with van der Waals surface area (Å²) < 4.78 is 1.32. The van der Waals surface area contributed by atoms with Crippen molar-refractivity contribution in [3.63, 3.8) is 0 Å². The number of hydrogen-bond donors (Lipinski definition) is 2. The predicted molar refractivity (Wildman–Crippen MR) is 129 cm³/mol. The van der Waals surface area contributed by atoms with Crippen molar-refractivity contribution in [2.45, 2.75) is 52.0 Å². The first kappa shape index (κ1) is 22.1. The summed E-state index contributed by atoms with van der Waals surface area (Å²) in [5.41, 5.74) is 7.30. The maximum absolute atomic E-state index is 13.6. The zero-order chi connectivity index (χ0) is 22.7. The lowest BCUT2D eigenvalue weighted by Gasteiger charge is -2.24. The SMILES string of the molecule is CCCCN(C(=O)c1cc2c(s1)CCCC2)c1c(N)n(Cc2ccccc2)c(=O)[nH]c1=O. The Morgan fingerprint density at radius 2 is 1.94 bits per heavy atom. The van der Waals surface area contributed by atoms with Crippen molar-refractivity contribution in [2.24, 2.45) is 0 Å². The van der Waals surface area contributed by atoms with Gasteiger partial charge in [0.25, 0.3) is 11.5 Å². The van der Waals surface area contributed by atoms with E-state index in [2.05, 4.69) is 4.98 Å². The van der Waals surface area contributed by atoms with Gasteiger partial charge in [0.15, 0.2) is 5.69 Å². The normalized spacial score (nSPS) is 13.0. The number of aromatic nitrogens is 2. The number of unbranched alkanes of at least 4 members (excludes halogenated alkanes) is 1. The van der Waals surface area contributed by atoms with Crippen molar-refractivity contribution in [2.75, 3.05) is 17.2 Å². The van der Waals surface area contributed by atoms with Crippen LogP contribution >= 0.6 is 11.3 Å². The third-order valence-corrected chi connectivity index (χ3v) is 7.08. The summed E-state index contributed by atoms with van der Waals surface area (Å²) in [5, 5.41) is 0. The fraction of sp³-hybridized carbons (Fsp3) is 0.375. The van der Waals surface area contributed by atoms with Crippen LogP contribution in [-0.4, -0.2) is 22.0 Å². The number of anilines is 2. The van der Waals surface area contributed by atoms with E-state index < -0.39 is 11.2 Å². The third-order valence-electron chi connectivity index (χ3n) is 5.86. The summed E-state index contributed by atoms with van der Waals surface area (Å²) in [4.78, 5) is 44.7. The molecule has 0 unspecified atom stereocenters. The molecule has 3 aromatic rings. The minimum absolute atomic E-state index is 0.00776. The molecule has 0 saturated carbocycles. The van der Waals surface area contributed by atoms with Crippen LogP contribution < -0.4 is 21.9 Å². The van der Waals surface area contributed by atoms with Crippen LogP contribution in [0, 0.1) is 0 Å². The van der Waals surface area contributed by atoms with E-state index in [-0.39, 0.29) is 24.0 Å². The van der Waals surface area contributed by atoms with E-state index in [0.29, 0.717) is 17.8 Å². The largest absolute Gasteiger partial charge is 0.383 e. The van der Waals surface area contributed by atoms with E-state index in [1.807, 2.05) is 43.3 Å². The van der Waals surface area contributed by atoms with Gasteiger partial charge in [-0.05, 0) is 49.3 Å². The number of rotatable bonds is 7. The Morgan fingerprint density at radius 3 is 2.66 bits per heavy atom. The average Bonchev–Trinajstić information content (AvgIpc) is 3.23. The molecule has 1 aliphatic carbocycles. The highest BCUT2D eigenvalue weighted by atomic mass is 32.1. The molecule has 0 radical (unpaired) electrons. The van der Waals surface area contributed by atoms with Crippen LogP contribution in [0.3, 0.4) is 0 Å². The van der Waals surface area contributed by atoms with E-state index in [1.54, 1.807) is 0 Å². The molecule has 4 rings (SSSR count). The van der Waals surface area contributed by atoms with Gasteiger partial charge in [0, 0.05) is 11.4 Å². The molecule has 0 atom stereocenters. The Hall–Kier alpha value is -3.13. The van der Waals surface area contributed by atoms with Gasteiger partial charge in [0.05, 0.1) is 11.4 Å². The molecule has 32 heavy (non-hydrogen) atoms.